The fourth-order valence-electron chi connectivity index (χ4n) is 3.24. The van der Waals surface area contributed by atoms with Crippen LogP contribution in [0.25, 0.3) is 19.5 Å². The van der Waals surface area contributed by atoms with Gasteiger partial charge in [0.1, 0.15) is 0 Å². The van der Waals surface area contributed by atoms with Gasteiger partial charge in [0, 0.05) is 21.7 Å². The van der Waals surface area contributed by atoms with Crippen molar-refractivity contribution in [2.24, 2.45) is 0 Å². The Hall–Kier alpha value is -1.42. The summed E-state index contributed by atoms with van der Waals surface area (Å²) in [4.78, 5) is 2.68. The van der Waals surface area contributed by atoms with E-state index in [0.717, 1.165) is 0 Å². The van der Waals surface area contributed by atoms with Crippen molar-refractivity contribution >= 4 is 53.9 Å². The third kappa shape index (κ3) is 3.98. The van der Waals surface area contributed by atoms with Crippen LogP contribution >= 0.6 is 34.4 Å². The molecule has 0 aliphatic carbocycles. The predicted molar refractivity (Wildman–Crippen MR) is 130 cm³/mol. The lowest BCUT2D eigenvalue weighted by Crippen LogP contribution is -2.10. The van der Waals surface area contributed by atoms with Crippen LogP contribution in [0.15, 0.2) is 63.7 Å². The minimum atomic E-state index is 0.184. The first-order valence-corrected chi connectivity index (χ1v) is 12.2. The molecule has 0 unspecified atom stereocenters. The zero-order valence-electron chi connectivity index (χ0n) is 17.4. The van der Waals surface area contributed by atoms with Crippen LogP contribution in [0.3, 0.4) is 0 Å². The second-order valence-electron chi connectivity index (χ2n) is 9.42. The van der Waals surface area contributed by atoms with Crippen LogP contribution in [0.5, 0.6) is 0 Å². The van der Waals surface area contributed by atoms with E-state index >= 15 is 0 Å². The van der Waals surface area contributed by atoms with E-state index in [1.165, 1.54) is 40.4 Å². The summed E-state index contributed by atoms with van der Waals surface area (Å²) < 4.78 is 4.16. The zero-order chi connectivity index (χ0) is 20.1. The molecular weight excluding hydrogens is 396 g/mol. The quantitative estimate of drug-likeness (QED) is 0.290. The molecule has 0 aliphatic rings. The normalized spacial score (nSPS) is 12.8. The molecule has 0 aliphatic heterocycles. The van der Waals surface area contributed by atoms with Crippen molar-refractivity contribution in [3.8, 4) is 0 Å². The Kier molecular flexibility index (Phi) is 5.06. The maximum atomic E-state index is 2.37. The van der Waals surface area contributed by atoms with Crippen molar-refractivity contribution in [3.63, 3.8) is 0 Å². The van der Waals surface area contributed by atoms with Crippen LogP contribution < -0.4 is 0 Å². The van der Waals surface area contributed by atoms with Crippen LogP contribution in [0.4, 0.5) is 0 Å². The van der Waals surface area contributed by atoms with Crippen molar-refractivity contribution < 1.29 is 0 Å². The standard InChI is InChI=1S/C25H27S3/c1-24(2,3)17-7-10-19(11-8-17)27-22-15-26-21-14-16-13-18(25(4,5)6)9-12-20(16)28-23(21)22/h7-15H,1-6H3/q+1. The molecule has 0 bridgehead atoms. The summed E-state index contributed by atoms with van der Waals surface area (Å²) in [5, 5.41) is 3.67. The van der Waals surface area contributed by atoms with Crippen LogP contribution in [-0.2, 0) is 10.8 Å². The van der Waals surface area contributed by atoms with Gasteiger partial charge in [-0.1, -0.05) is 71.5 Å². The van der Waals surface area contributed by atoms with Crippen LogP contribution in [0.1, 0.15) is 52.7 Å². The highest BCUT2D eigenvalue weighted by atomic mass is 32.2. The van der Waals surface area contributed by atoms with Crippen molar-refractivity contribution in [1.82, 2.24) is 0 Å². The van der Waals surface area contributed by atoms with Gasteiger partial charge in [-0.25, -0.2) is 0 Å². The van der Waals surface area contributed by atoms with Gasteiger partial charge >= 0.3 is 0 Å². The monoisotopic (exact) mass is 423 g/mol. The Morgan fingerprint density at radius 3 is 2.07 bits per heavy atom. The summed E-state index contributed by atoms with van der Waals surface area (Å²) in [6.07, 6.45) is 0. The molecule has 0 nitrogen and oxygen atoms in total. The highest BCUT2D eigenvalue weighted by Gasteiger charge is 2.21. The molecule has 144 valence electrons. The number of hydrogen-bond donors (Lipinski definition) is 0. The molecule has 4 aromatic rings. The summed E-state index contributed by atoms with van der Waals surface area (Å²) >= 11 is 5.66. The first kappa shape index (κ1) is 19.9. The number of rotatable bonds is 2. The predicted octanol–water partition coefficient (Wildman–Crippen LogP) is 9.14. The second kappa shape index (κ2) is 7.12. The molecule has 28 heavy (non-hydrogen) atoms. The van der Waals surface area contributed by atoms with Gasteiger partial charge in [-0.2, -0.15) is 0 Å². The van der Waals surface area contributed by atoms with Gasteiger partial charge in [0.25, 0.3) is 4.70 Å². The summed E-state index contributed by atoms with van der Waals surface area (Å²) in [7, 11) is 0. The SMILES string of the molecule is CC(C)(C)c1ccc(Sc2csc3cc4cc(C(C)(C)C)ccc4[s+]c23)cc1. The summed E-state index contributed by atoms with van der Waals surface area (Å²) in [6, 6.07) is 18.4. The minimum absolute atomic E-state index is 0.184. The molecule has 0 fully saturated rings. The summed E-state index contributed by atoms with van der Waals surface area (Å²) in [5.41, 5.74) is 3.17. The summed E-state index contributed by atoms with van der Waals surface area (Å²) in [5.74, 6) is 0. The minimum Gasteiger partial charge on any atom is -0.137 e. The average Bonchev–Trinajstić information content (AvgIpc) is 3.00. The maximum absolute atomic E-state index is 2.37. The topological polar surface area (TPSA) is 0 Å². The van der Waals surface area contributed by atoms with Crippen molar-refractivity contribution in [2.75, 3.05) is 0 Å². The zero-order valence-corrected chi connectivity index (χ0v) is 19.9. The van der Waals surface area contributed by atoms with Gasteiger partial charge in [-0.3, -0.25) is 0 Å². The highest BCUT2D eigenvalue weighted by Crippen LogP contribution is 2.43. The molecule has 0 amide bonds. The van der Waals surface area contributed by atoms with E-state index < -0.39 is 0 Å². The van der Waals surface area contributed by atoms with E-state index in [2.05, 4.69) is 95.5 Å². The first-order chi connectivity index (χ1) is 13.1. The van der Waals surface area contributed by atoms with E-state index in [4.69, 9.17) is 0 Å². The Balaban J connectivity index is 1.70. The Morgan fingerprint density at radius 1 is 0.786 bits per heavy atom. The van der Waals surface area contributed by atoms with Gasteiger partial charge in [0.2, 0.25) is 16.0 Å². The van der Waals surface area contributed by atoms with Gasteiger partial charge < -0.3 is 0 Å². The lowest BCUT2D eigenvalue weighted by atomic mass is 9.86. The van der Waals surface area contributed by atoms with Gasteiger partial charge in [0.05, 0.1) is 9.60 Å². The molecular formula is C25H27S3+. The third-order valence-corrected chi connectivity index (χ3v) is 8.69. The smallest absolute Gasteiger partial charge is 0.137 e. The van der Waals surface area contributed by atoms with Crippen LogP contribution in [0.2, 0.25) is 0 Å². The summed E-state index contributed by atoms with van der Waals surface area (Å²) in [6.45, 7) is 13.6. The van der Waals surface area contributed by atoms with Crippen molar-refractivity contribution in [1.29, 1.82) is 0 Å². The van der Waals surface area contributed by atoms with Crippen molar-refractivity contribution in [2.45, 2.75) is 62.2 Å². The molecule has 0 radical (unpaired) electrons. The fourth-order valence-corrected chi connectivity index (χ4v) is 6.64. The largest absolute Gasteiger partial charge is 0.263 e. The maximum Gasteiger partial charge on any atom is 0.263 e. The van der Waals surface area contributed by atoms with E-state index in [1.54, 1.807) is 0 Å². The molecule has 0 spiro atoms. The number of hydrogen-bond acceptors (Lipinski definition) is 2. The van der Waals surface area contributed by atoms with Gasteiger partial charge in [0.15, 0.2) is 0 Å². The molecule has 4 rings (SSSR count). The molecule has 0 saturated heterocycles. The number of fused-ring (bicyclic) bond motifs is 2. The average molecular weight is 424 g/mol. The molecule has 3 heteroatoms. The van der Waals surface area contributed by atoms with Gasteiger partial charge in [-0.15, -0.1) is 11.3 Å². The first-order valence-electron chi connectivity index (χ1n) is 9.68. The molecule has 2 aromatic heterocycles. The lowest BCUT2D eigenvalue weighted by molar-refractivity contribution is 0.589. The van der Waals surface area contributed by atoms with Crippen LogP contribution in [0, 0.1) is 0 Å². The van der Waals surface area contributed by atoms with E-state index in [1.807, 2.05) is 34.4 Å². The van der Waals surface area contributed by atoms with E-state index in [0.29, 0.717) is 0 Å². The Labute approximate surface area is 180 Å². The van der Waals surface area contributed by atoms with E-state index in [9.17, 15) is 0 Å². The van der Waals surface area contributed by atoms with Crippen molar-refractivity contribution in [3.05, 3.63) is 65.0 Å². The van der Waals surface area contributed by atoms with Crippen LogP contribution in [-0.4, -0.2) is 0 Å². The number of thiophene rings is 1. The van der Waals surface area contributed by atoms with E-state index in [-0.39, 0.29) is 10.8 Å². The fraction of sp³-hybridized carbons (Fsp3) is 0.320. The second-order valence-corrected chi connectivity index (χ2v) is 12.5. The Bertz CT molecular complexity index is 1140. The molecule has 0 atom stereocenters. The molecule has 0 N–H and O–H groups in total. The molecule has 0 saturated carbocycles. The Morgan fingerprint density at radius 2 is 1.43 bits per heavy atom. The lowest BCUT2D eigenvalue weighted by Gasteiger charge is -2.18. The highest BCUT2D eigenvalue weighted by molar-refractivity contribution is 7.99. The van der Waals surface area contributed by atoms with Gasteiger partial charge in [-0.05, 0) is 46.2 Å². The number of benzene rings is 2. The third-order valence-electron chi connectivity index (χ3n) is 5.06. The molecule has 2 aromatic carbocycles. The molecule has 2 heterocycles.